The van der Waals surface area contributed by atoms with E-state index < -0.39 is 11.6 Å². The first-order valence-electron chi connectivity index (χ1n) is 2.38. The molecule has 3 heteroatoms. The van der Waals surface area contributed by atoms with Crippen LogP contribution in [0.5, 0.6) is 0 Å². The number of esters is 1. The van der Waals surface area contributed by atoms with Gasteiger partial charge in [-0.25, -0.2) is 4.79 Å². The van der Waals surface area contributed by atoms with Crippen LogP contribution in [0.4, 0.5) is 0 Å². The van der Waals surface area contributed by atoms with Gasteiger partial charge in [-0.3, -0.25) is 0 Å². The number of hydrogen-bond donors (Lipinski definition) is 1. The molecule has 1 radical (unpaired) electrons. The lowest BCUT2D eigenvalue weighted by Gasteiger charge is -2.00. The maximum Gasteiger partial charge on any atom is 0.338 e. The van der Waals surface area contributed by atoms with Crippen LogP contribution in [0.3, 0.4) is 0 Å². The van der Waals surface area contributed by atoms with Gasteiger partial charge in [0.1, 0.15) is 7.11 Å². The minimum Gasteiger partial charge on any atom is -0.460 e. The molecule has 0 aromatic heterocycles. The van der Waals surface area contributed by atoms with Gasteiger partial charge in [-0.2, -0.15) is 0 Å². The summed E-state index contributed by atoms with van der Waals surface area (Å²) in [7, 11) is 2.88. The fraction of sp³-hybridized carbons (Fsp3) is 0.600. The van der Waals surface area contributed by atoms with Gasteiger partial charge < -0.3 is 9.84 Å². The van der Waals surface area contributed by atoms with Crippen LogP contribution in [-0.2, 0) is 9.53 Å². The topological polar surface area (TPSA) is 46.5 Å². The minimum atomic E-state index is -1.16. The number of aliphatic hydroxyl groups is 1. The van der Waals surface area contributed by atoms with E-state index in [4.69, 9.17) is 5.11 Å². The molecule has 1 rings (SSSR count). The number of carbonyl (C=O) groups excluding carboxylic acids is 1. The van der Waals surface area contributed by atoms with Crippen LogP contribution in [0.1, 0.15) is 12.8 Å². The molecule has 0 heterocycles. The van der Waals surface area contributed by atoms with E-state index in [-0.39, 0.29) is 0 Å². The fourth-order valence-corrected chi connectivity index (χ4v) is 0.457. The Hall–Kier alpha value is -0.570. The summed E-state index contributed by atoms with van der Waals surface area (Å²) in [5.74, 6) is -0.613. The van der Waals surface area contributed by atoms with Crippen LogP contribution in [0.15, 0.2) is 0 Å². The second kappa shape index (κ2) is 1.45. The molecule has 0 amide bonds. The van der Waals surface area contributed by atoms with Crippen LogP contribution < -0.4 is 0 Å². The molecule has 3 nitrogen and oxygen atoms in total. The predicted octanol–water partition coefficient (Wildman–Crippen LogP) is -0.154. The Bertz CT molecular complexity index is 115. The van der Waals surface area contributed by atoms with E-state index in [0.29, 0.717) is 12.8 Å². The van der Waals surface area contributed by atoms with Crippen molar-refractivity contribution in [2.45, 2.75) is 18.4 Å². The highest BCUT2D eigenvalue weighted by atomic mass is 16.5. The Morgan fingerprint density at radius 3 is 2.38 bits per heavy atom. The summed E-state index contributed by atoms with van der Waals surface area (Å²) < 4.78 is 4.04. The van der Waals surface area contributed by atoms with E-state index >= 15 is 0 Å². The highest BCUT2D eigenvalue weighted by Crippen LogP contribution is 2.35. The third-order valence-electron chi connectivity index (χ3n) is 1.23. The highest BCUT2D eigenvalue weighted by Gasteiger charge is 2.49. The normalized spacial score (nSPS) is 22.2. The third-order valence-corrected chi connectivity index (χ3v) is 1.23. The van der Waals surface area contributed by atoms with Gasteiger partial charge >= 0.3 is 5.97 Å². The zero-order valence-electron chi connectivity index (χ0n) is 4.39. The molecule has 0 spiro atoms. The molecule has 45 valence electrons. The van der Waals surface area contributed by atoms with Crippen molar-refractivity contribution < 1.29 is 14.6 Å². The minimum absolute atomic E-state index is 0.515. The molecule has 0 bridgehead atoms. The van der Waals surface area contributed by atoms with Crippen molar-refractivity contribution >= 4 is 5.97 Å². The second-order valence-corrected chi connectivity index (χ2v) is 1.96. The number of hydrogen-bond acceptors (Lipinski definition) is 3. The standard InChI is InChI=1S/C5H7O3/c1-8-4(6)5(7)2-3-5/h7H,1-3H2. The van der Waals surface area contributed by atoms with E-state index in [1.54, 1.807) is 0 Å². The summed E-state index contributed by atoms with van der Waals surface area (Å²) in [5.41, 5.74) is -1.16. The summed E-state index contributed by atoms with van der Waals surface area (Å²) in [4.78, 5) is 10.4. The maximum absolute atomic E-state index is 10.4. The fourth-order valence-electron chi connectivity index (χ4n) is 0.457. The van der Waals surface area contributed by atoms with Gasteiger partial charge in [-0.15, -0.1) is 0 Å². The molecule has 8 heavy (non-hydrogen) atoms. The van der Waals surface area contributed by atoms with Crippen molar-refractivity contribution in [2.24, 2.45) is 0 Å². The summed E-state index contributed by atoms with van der Waals surface area (Å²) in [6, 6.07) is 0. The molecule has 1 saturated carbocycles. The molecule has 1 aliphatic carbocycles. The molecular formula is C5H7O3. The van der Waals surface area contributed by atoms with Crippen molar-refractivity contribution in [1.29, 1.82) is 0 Å². The van der Waals surface area contributed by atoms with Gasteiger partial charge in [-0.05, 0) is 12.8 Å². The van der Waals surface area contributed by atoms with Crippen LogP contribution in [0.2, 0.25) is 0 Å². The van der Waals surface area contributed by atoms with Crippen LogP contribution in [-0.4, -0.2) is 16.7 Å². The van der Waals surface area contributed by atoms with E-state index in [0.717, 1.165) is 0 Å². The molecule has 0 unspecified atom stereocenters. The summed E-state index contributed by atoms with van der Waals surface area (Å²) in [5, 5.41) is 8.88. The van der Waals surface area contributed by atoms with Crippen molar-refractivity contribution in [2.75, 3.05) is 0 Å². The van der Waals surface area contributed by atoms with Gasteiger partial charge in [0.2, 0.25) is 0 Å². The summed E-state index contributed by atoms with van der Waals surface area (Å²) in [6.45, 7) is 0. The number of rotatable bonds is 1. The first-order chi connectivity index (χ1) is 3.69. The molecule has 0 atom stereocenters. The molecular weight excluding hydrogens is 108 g/mol. The molecule has 0 aliphatic heterocycles. The Morgan fingerprint density at radius 2 is 2.25 bits per heavy atom. The van der Waals surface area contributed by atoms with Crippen molar-refractivity contribution in [1.82, 2.24) is 0 Å². The Kier molecular flexibility index (Phi) is 1.01. The van der Waals surface area contributed by atoms with Gasteiger partial charge in [0.05, 0.1) is 0 Å². The first kappa shape index (κ1) is 5.56. The molecule has 1 N–H and O–H groups in total. The average molecular weight is 115 g/mol. The smallest absolute Gasteiger partial charge is 0.338 e. The molecule has 0 aromatic carbocycles. The molecule has 1 fully saturated rings. The molecule has 0 saturated heterocycles. The highest BCUT2D eigenvalue weighted by molar-refractivity contribution is 5.82. The van der Waals surface area contributed by atoms with E-state index in [9.17, 15) is 4.79 Å². The van der Waals surface area contributed by atoms with Gasteiger partial charge in [0.15, 0.2) is 5.60 Å². The summed E-state index contributed by atoms with van der Waals surface area (Å²) in [6.07, 6.45) is 1.03. The van der Waals surface area contributed by atoms with Crippen LogP contribution in [0.25, 0.3) is 0 Å². The maximum atomic E-state index is 10.4. The lowest BCUT2D eigenvalue weighted by molar-refractivity contribution is -0.150. The van der Waals surface area contributed by atoms with Crippen molar-refractivity contribution in [3.05, 3.63) is 7.11 Å². The molecule has 1 aliphatic rings. The summed E-state index contributed by atoms with van der Waals surface area (Å²) >= 11 is 0. The molecule has 0 aromatic rings. The van der Waals surface area contributed by atoms with Gasteiger partial charge in [0.25, 0.3) is 0 Å². The Balaban J connectivity index is 2.46. The Labute approximate surface area is 47.3 Å². The monoisotopic (exact) mass is 115 g/mol. The lowest BCUT2D eigenvalue weighted by atomic mass is 10.4. The number of ether oxygens (including phenoxy) is 1. The van der Waals surface area contributed by atoms with E-state index in [2.05, 4.69) is 11.8 Å². The van der Waals surface area contributed by atoms with E-state index in [1.807, 2.05) is 0 Å². The predicted molar refractivity (Wildman–Crippen MR) is 25.6 cm³/mol. The SMILES string of the molecule is [CH2]OC(=O)C1(O)CC1. The van der Waals surface area contributed by atoms with E-state index in [1.165, 1.54) is 0 Å². The van der Waals surface area contributed by atoms with Crippen molar-refractivity contribution in [3.8, 4) is 0 Å². The number of carbonyl (C=O) groups is 1. The zero-order chi connectivity index (χ0) is 6.20. The first-order valence-corrected chi connectivity index (χ1v) is 2.38. The zero-order valence-corrected chi connectivity index (χ0v) is 4.39. The van der Waals surface area contributed by atoms with Crippen LogP contribution >= 0.6 is 0 Å². The second-order valence-electron chi connectivity index (χ2n) is 1.96. The Morgan fingerprint density at radius 1 is 1.75 bits per heavy atom. The average Bonchev–Trinajstić information content (AvgIpc) is 2.47. The van der Waals surface area contributed by atoms with Gasteiger partial charge in [0, 0.05) is 0 Å². The third kappa shape index (κ3) is 0.690. The van der Waals surface area contributed by atoms with Gasteiger partial charge in [-0.1, -0.05) is 0 Å². The van der Waals surface area contributed by atoms with Crippen molar-refractivity contribution in [3.63, 3.8) is 0 Å². The quantitative estimate of drug-likeness (QED) is 0.483. The van der Waals surface area contributed by atoms with Crippen LogP contribution in [0, 0.1) is 7.11 Å². The lowest BCUT2D eigenvalue weighted by Crippen LogP contribution is -2.22. The largest absolute Gasteiger partial charge is 0.460 e.